The van der Waals surface area contributed by atoms with Gasteiger partial charge in [-0.3, -0.25) is 9.59 Å². The lowest BCUT2D eigenvalue weighted by Crippen LogP contribution is -2.37. The molecule has 0 aliphatic carbocycles. The zero-order valence-corrected chi connectivity index (χ0v) is 17.4. The smallest absolute Gasteiger partial charge is 0.286 e. The van der Waals surface area contributed by atoms with Gasteiger partial charge in [0.2, 0.25) is 5.91 Å². The van der Waals surface area contributed by atoms with E-state index in [-0.39, 0.29) is 30.5 Å². The lowest BCUT2D eigenvalue weighted by atomic mass is 9.97. The first kappa shape index (κ1) is 21.3. The zero-order valence-electron chi connectivity index (χ0n) is 17.4. The van der Waals surface area contributed by atoms with E-state index in [1.54, 1.807) is 38.4 Å². The van der Waals surface area contributed by atoms with Crippen molar-refractivity contribution in [2.75, 3.05) is 41.0 Å². The number of ether oxygens (including phenoxy) is 3. The summed E-state index contributed by atoms with van der Waals surface area (Å²) in [5.41, 5.74) is 1.93. The van der Waals surface area contributed by atoms with E-state index < -0.39 is 0 Å². The number of hydrogen-bond acceptors (Lipinski definition) is 6. The summed E-state index contributed by atoms with van der Waals surface area (Å²) >= 11 is 0. The fourth-order valence-electron chi connectivity index (χ4n) is 3.38. The predicted molar refractivity (Wildman–Crippen MR) is 111 cm³/mol. The average molecular weight is 414 g/mol. The Morgan fingerprint density at radius 3 is 2.40 bits per heavy atom. The quantitative estimate of drug-likeness (QED) is 0.714. The zero-order chi connectivity index (χ0) is 21.5. The monoisotopic (exact) mass is 414 g/mol. The second kappa shape index (κ2) is 9.87. The summed E-state index contributed by atoms with van der Waals surface area (Å²) in [6, 6.07) is 6.86. The van der Waals surface area contributed by atoms with Crippen LogP contribution >= 0.6 is 0 Å². The third kappa shape index (κ3) is 4.76. The van der Waals surface area contributed by atoms with Crippen LogP contribution in [0.25, 0.3) is 5.57 Å². The fraction of sp³-hybridized carbons (Fsp3) is 0.364. The van der Waals surface area contributed by atoms with E-state index in [1.165, 1.54) is 6.26 Å². The molecule has 2 amide bonds. The van der Waals surface area contributed by atoms with Gasteiger partial charge in [-0.1, -0.05) is 6.08 Å². The van der Waals surface area contributed by atoms with Crippen molar-refractivity contribution in [3.63, 3.8) is 0 Å². The third-order valence-corrected chi connectivity index (χ3v) is 4.97. The molecule has 0 bridgehead atoms. The van der Waals surface area contributed by atoms with E-state index in [2.05, 4.69) is 5.32 Å². The number of furan rings is 1. The van der Waals surface area contributed by atoms with Gasteiger partial charge in [-0.05, 0) is 24.1 Å². The van der Waals surface area contributed by atoms with Crippen LogP contribution in [-0.4, -0.2) is 57.7 Å². The predicted octanol–water partition coefficient (Wildman–Crippen LogP) is 2.74. The van der Waals surface area contributed by atoms with Gasteiger partial charge >= 0.3 is 0 Å². The van der Waals surface area contributed by atoms with E-state index >= 15 is 0 Å². The summed E-state index contributed by atoms with van der Waals surface area (Å²) in [5, 5.41) is 2.69. The molecular weight excluding hydrogens is 388 g/mol. The molecule has 8 heteroatoms. The highest BCUT2D eigenvalue weighted by Crippen LogP contribution is 2.40. The molecule has 3 rings (SSSR count). The second-order valence-electron chi connectivity index (χ2n) is 6.71. The van der Waals surface area contributed by atoms with Crippen LogP contribution in [0.3, 0.4) is 0 Å². The van der Waals surface area contributed by atoms with Crippen LogP contribution < -0.4 is 19.5 Å². The van der Waals surface area contributed by atoms with Gasteiger partial charge in [-0.25, -0.2) is 0 Å². The van der Waals surface area contributed by atoms with Gasteiger partial charge in [0, 0.05) is 38.2 Å². The van der Waals surface area contributed by atoms with E-state index in [1.807, 2.05) is 18.2 Å². The number of rotatable bonds is 8. The van der Waals surface area contributed by atoms with Crippen molar-refractivity contribution in [1.82, 2.24) is 10.2 Å². The molecule has 0 spiro atoms. The first-order chi connectivity index (χ1) is 14.6. The molecule has 0 fully saturated rings. The summed E-state index contributed by atoms with van der Waals surface area (Å²) in [4.78, 5) is 26.1. The van der Waals surface area contributed by atoms with Crippen molar-refractivity contribution in [3.8, 4) is 17.2 Å². The lowest BCUT2D eigenvalue weighted by Gasteiger charge is -2.28. The van der Waals surface area contributed by atoms with Gasteiger partial charge < -0.3 is 28.8 Å². The number of carbonyl (C=O) groups excluding carboxylic acids is 2. The molecule has 160 valence electrons. The summed E-state index contributed by atoms with van der Waals surface area (Å²) in [6.45, 7) is 1.32. The van der Waals surface area contributed by atoms with Gasteiger partial charge in [0.1, 0.15) is 17.2 Å². The molecule has 2 aromatic rings. The first-order valence-corrected chi connectivity index (χ1v) is 9.66. The van der Waals surface area contributed by atoms with Crippen molar-refractivity contribution in [2.45, 2.75) is 12.8 Å². The molecule has 1 N–H and O–H groups in total. The van der Waals surface area contributed by atoms with Crippen LogP contribution in [0, 0.1) is 0 Å². The molecule has 8 nitrogen and oxygen atoms in total. The SMILES string of the molecule is COc1cc(OC)c(C2=CCN(C(=O)CCNC(=O)c3ccco3)CC2)c(OC)c1. The fourth-order valence-corrected chi connectivity index (χ4v) is 3.38. The topological polar surface area (TPSA) is 90.2 Å². The van der Waals surface area contributed by atoms with Crippen LogP contribution in [-0.2, 0) is 4.79 Å². The Morgan fingerprint density at radius 1 is 1.13 bits per heavy atom. The highest BCUT2D eigenvalue weighted by atomic mass is 16.5. The van der Waals surface area contributed by atoms with Gasteiger partial charge in [-0.2, -0.15) is 0 Å². The number of nitrogens with one attached hydrogen (secondary N) is 1. The number of hydrogen-bond donors (Lipinski definition) is 1. The molecule has 0 radical (unpaired) electrons. The summed E-state index contributed by atoms with van der Waals surface area (Å²) in [5.74, 6) is 1.87. The Morgan fingerprint density at radius 2 is 1.87 bits per heavy atom. The van der Waals surface area contributed by atoms with Gasteiger partial charge in [0.15, 0.2) is 5.76 Å². The Hall–Kier alpha value is -3.42. The lowest BCUT2D eigenvalue weighted by molar-refractivity contribution is -0.130. The van der Waals surface area contributed by atoms with Crippen molar-refractivity contribution < 1.29 is 28.2 Å². The summed E-state index contributed by atoms with van der Waals surface area (Å²) < 4.78 is 21.4. The Kier molecular flexibility index (Phi) is 7.00. The van der Waals surface area contributed by atoms with E-state index in [0.29, 0.717) is 36.8 Å². The minimum absolute atomic E-state index is 0.0151. The minimum Gasteiger partial charge on any atom is -0.496 e. The van der Waals surface area contributed by atoms with Crippen molar-refractivity contribution in [1.29, 1.82) is 0 Å². The molecular formula is C22H26N2O6. The number of benzene rings is 1. The molecule has 1 aliphatic rings. The van der Waals surface area contributed by atoms with Gasteiger partial charge in [0.05, 0.1) is 33.2 Å². The second-order valence-corrected chi connectivity index (χ2v) is 6.71. The van der Waals surface area contributed by atoms with Gasteiger partial charge in [-0.15, -0.1) is 0 Å². The Bertz CT molecular complexity index is 895. The largest absolute Gasteiger partial charge is 0.496 e. The van der Waals surface area contributed by atoms with Crippen molar-refractivity contribution in [2.24, 2.45) is 0 Å². The standard InChI is InChI=1S/C22H26N2O6/c1-27-16-13-18(28-2)21(19(14-16)29-3)15-7-10-24(11-8-15)20(25)6-9-23-22(26)17-5-4-12-30-17/h4-5,7,12-14H,6,8-11H2,1-3H3,(H,23,26). The van der Waals surface area contributed by atoms with Crippen molar-refractivity contribution in [3.05, 3.63) is 47.9 Å². The number of nitrogens with zero attached hydrogens (tertiary/aromatic N) is 1. The first-order valence-electron chi connectivity index (χ1n) is 9.66. The maximum Gasteiger partial charge on any atom is 0.286 e. The van der Waals surface area contributed by atoms with E-state index in [4.69, 9.17) is 18.6 Å². The van der Waals surface area contributed by atoms with Crippen molar-refractivity contribution >= 4 is 17.4 Å². The van der Waals surface area contributed by atoms with Gasteiger partial charge in [0.25, 0.3) is 5.91 Å². The molecule has 0 unspecified atom stereocenters. The Labute approximate surface area is 175 Å². The molecule has 0 saturated carbocycles. The molecule has 1 aliphatic heterocycles. The Balaban J connectivity index is 1.61. The molecule has 0 atom stereocenters. The van der Waals surface area contributed by atoms with Crippen LogP contribution in [0.1, 0.15) is 29.0 Å². The number of methoxy groups -OCH3 is 3. The summed E-state index contributed by atoms with van der Waals surface area (Å²) in [6.07, 6.45) is 4.34. The molecule has 1 aromatic heterocycles. The molecule has 0 saturated heterocycles. The highest BCUT2D eigenvalue weighted by Gasteiger charge is 2.23. The number of amides is 2. The van der Waals surface area contributed by atoms with E-state index in [9.17, 15) is 9.59 Å². The van der Waals surface area contributed by atoms with Crippen LogP contribution in [0.2, 0.25) is 0 Å². The van der Waals surface area contributed by atoms with Crippen LogP contribution in [0.4, 0.5) is 0 Å². The van der Waals surface area contributed by atoms with Crippen LogP contribution in [0.5, 0.6) is 17.2 Å². The number of carbonyl (C=O) groups is 2. The molecule has 30 heavy (non-hydrogen) atoms. The minimum atomic E-state index is -0.327. The molecule has 1 aromatic carbocycles. The maximum absolute atomic E-state index is 12.5. The average Bonchev–Trinajstić information content (AvgIpc) is 3.33. The van der Waals surface area contributed by atoms with E-state index in [0.717, 1.165) is 11.1 Å². The van der Waals surface area contributed by atoms with Crippen LogP contribution in [0.15, 0.2) is 41.0 Å². The third-order valence-electron chi connectivity index (χ3n) is 4.97. The summed E-state index contributed by atoms with van der Waals surface area (Å²) in [7, 11) is 4.80. The maximum atomic E-state index is 12.5. The highest BCUT2D eigenvalue weighted by molar-refractivity contribution is 5.91. The molecule has 2 heterocycles. The normalized spacial score (nSPS) is 13.4.